The van der Waals surface area contributed by atoms with Gasteiger partial charge in [-0.05, 0) is 13.0 Å². The molecule has 0 radical (unpaired) electrons. The molecule has 1 atom stereocenters. The zero-order chi connectivity index (χ0) is 13.4. The maximum atomic E-state index is 11.6. The molecule has 0 aliphatic rings. The lowest BCUT2D eigenvalue weighted by molar-refractivity contribution is -0.118. The summed E-state index contributed by atoms with van der Waals surface area (Å²) < 4.78 is 5.22. The zero-order valence-electron chi connectivity index (χ0n) is 10.8. The summed E-state index contributed by atoms with van der Waals surface area (Å²) >= 11 is 1.55. The Kier molecular flexibility index (Phi) is 6.60. The Morgan fingerprint density at radius 3 is 2.89 bits per heavy atom. The molecular weight excluding hydrogens is 248 g/mol. The standard InChI is InChI=1S/C13H20N2O2S/c1-10(14)8-18-9-13(16)15-7-11-5-3-4-6-12(11)17-2/h3-6,10H,7-9,14H2,1-2H3,(H,15,16). The van der Waals surface area contributed by atoms with E-state index in [1.54, 1.807) is 18.9 Å². The van der Waals surface area contributed by atoms with Crippen molar-refractivity contribution < 1.29 is 9.53 Å². The van der Waals surface area contributed by atoms with E-state index < -0.39 is 0 Å². The SMILES string of the molecule is COc1ccccc1CNC(=O)CSCC(C)N. The molecule has 1 aromatic rings. The highest BCUT2D eigenvalue weighted by Gasteiger charge is 2.05. The largest absolute Gasteiger partial charge is 0.496 e. The number of thioether (sulfide) groups is 1. The third-order valence-corrected chi connectivity index (χ3v) is 3.51. The number of methoxy groups -OCH3 is 1. The number of hydrogen-bond donors (Lipinski definition) is 2. The molecule has 5 heteroatoms. The van der Waals surface area contributed by atoms with Crippen LogP contribution in [0.3, 0.4) is 0 Å². The molecule has 0 saturated carbocycles. The first-order valence-electron chi connectivity index (χ1n) is 5.85. The van der Waals surface area contributed by atoms with Gasteiger partial charge < -0.3 is 15.8 Å². The van der Waals surface area contributed by atoms with Gasteiger partial charge >= 0.3 is 0 Å². The smallest absolute Gasteiger partial charge is 0.230 e. The first-order valence-corrected chi connectivity index (χ1v) is 7.01. The Morgan fingerprint density at radius 2 is 2.22 bits per heavy atom. The number of nitrogens with two attached hydrogens (primary N) is 1. The van der Waals surface area contributed by atoms with Crippen LogP contribution in [0.25, 0.3) is 0 Å². The molecule has 3 N–H and O–H groups in total. The Hall–Kier alpha value is -1.20. The second-order valence-electron chi connectivity index (χ2n) is 4.08. The number of carbonyl (C=O) groups is 1. The van der Waals surface area contributed by atoms with Crippen LogP contribution in [-0.2, 0) is 11.3 Å². The summed E-state index contributed by atoms with van der Waals surface area (Å²) in [7, 11) is 1.62. The van der Waals surface area contributed by atoms with Gasteiger partial charge in [-0.2, -0.15) is 11.8 Å². The van der Waals surface area contributed by atoms with E-state index in [-0.39, 0.29) is 11.9 Å². The summed E-state index contributed by atoms with van der Waals surface area (Å²) in [6, 6.07) is 7.77. The van der Waals surface area contributed by atoms with Gasteiger partial charge in [0.25, 0.3) is 0 Å². The maximum absolute atomic E-state index is 11.6. The fourth-order valence-electron chi connectivity index (χ4n) is 1.43. The Labute approximate surface area is 112 Å². The molecule has 1 amide bonds. The van der Waals surface area contributed by atoms with E-state index in [4.69, 9.17) is 10.5 Å². The van der Waals surface area contributed by atoms with Gasteiger partial charge in [0, 0.05) is 23.9 Å². The number of nitrogens with one attached hydrogen (secondary N) is 1. The summed E-state index contributed by atoms with van der Waals surface area (Å²) in [6.45, 7) is 2.42. The van der Waals surface area contributed by atoms with E-state index >= 15 is 0 Å². The van der Waals surface area contributed by atoms with E-state index in [0.717, 1.165) is 17.1 Å². The second kappa shape index (κ2) is 8.00. The Morgan fingerprint density at radius 1 is 1.50 bits per heavy atom. The van der Waals surface area contributed by atoms with Crippen LogP contribution in [0, 0.1) is 0 Å². The monoisotopic (exact) mass is 268 g/mol. The van der Waals surface area contributed by atoms with Gasteiger partial charge in [0.2, 0.25) is 5.91 Å². The average molecular weight is 268 g/mol. The van der Waals surface area contributed by atoms with E-state index in [0.29, 0.717) is 12.3 Å². The molecular formula is C13H20N2O2S. The summed E-state index contributed by atoms with van der Waals surface area (Å²) in [4.78, 5) is 11.6. The number of para-hydroxylation sites is 1. The van der Waals surface area contributed by atoms with Gasteiger partial charge in [-0.15, -0.1) is 0 Å². The lowest BCUT2D eigenvalue weighted by Crippen LogP contribution is -2.26. The third-order valence-electron chi connectivity index (χ3n) is 2.28. The number of rotatable bonds is 7. The molecule has 18 heavy (non-hydrogen) atoms. The normalized spacial score (nSPS) is 11.9. The number of amides is 1. The van der Waals surface area contributed by atoms with Gasteiger partial charge in [0.05, 0.1) is 12.9 Å². The maximum Gasteiger partial charge on any atom is 0.230 e. The van der Waals surface area contributed by atoms with Crippen LogP contribution in [0.2, 0.25) is 0 Å². The predicted molar refractivity (Wildman–Crippen MR) is 75.8 cm³/mol. The number of hydrogen-bond acceptors (Lipinski definition) is 4. The van der Waals surface area contributed by atoms with Crippen LogP contribution >= 0.6 is 11.8 Å². The second-order valence-corrected chi connectivity index (χ2v) is 5.11. The van der Waals surface area contributed by atoms with Gasteiger partial charge in [0.15, 0.2) is 0 Å². The Balaban J connectivity index is 2.33. The summed E-state index contributed by atoms with van der Waals surface area (Å²) in [6.07, 6.45) is 0. The quantitative estimate of drug-likeness (QED) is 0.784. The molecule has 0 aliphatic carbocycles. The van der Waals surface area contributed by atoms with Crippen LogP contribution in [-0.4, -0.2) is 30.6 Å². The molecule has 4 nitrogen and oxygen atoms in total. The van der Waals surface area contributed by atoms with Crippen molar-refractivity contribution in [2.75, 3.05) is 18.6 Å². The van der Waals surface area contributed by atoms with Crippen molar-refractivity contribution in [2.45, 2.75) is 19.5 Å². The molecule has 0 spiro atoms. The first kappa shape index (κ1) is 14.9. The zero-order valence-corrected chi connectivity index (χ0v) is 11.6. The van der Waals surface area contributed by atoms with Gasteiger partial charge in [-0.3, -0.25) is 4.79 Å². The minimum atomic E-state index is 0.0200. The molecule has 0 fully saturated rings. The molecule has 0 heterocycles. The highest BCUT2D eigenvalue weighted by molar-refractivity contribution is 7.99. The van der Waals surface area contributed by atoms with E-state index in [9.17, 15) is 4.79 Å². The molecule has 1 unspecified atom stereocenters. The third kappa shape index (κ3) is 5.42. The average Bonchev–Trinajstić information content (AvgIpc) is 2.36. The molecule has 0 bridgehead atoms. The van der Waals surface area contributed by atoms with E-state index in [2.05, 4.69) is 5.32 Å². The molecule has 0 aromatic heterocycles. The fraction of sp³-hybridized carbons (Fsp3) is 0.462. The first-order chi connectivity index (χ1) is 8.63. The summed E-state index contributed by atoms with van der Waals surface area (Å²) in [5.74, 6) is 2.05. The molecule has 0 aliphatic heterocycles. The number of ether oxygens (including phenoxy) is 1. The van der Waals surface area contributed by atoms with Crippen LogP contribution < -0.4 is 15.8 Å². The minimum Gasteiger partial charge on any atom is -0.496 e. The number of carbonyl (C=O) groups excluding carboxylic acids is 1. The Bertz CT molecular complexity index is 383. The van der Waals surface area contributed by atoms with Gasteiger partial charge in [0.1, 0.15) is 5.75 Å². The van der Waals surface area contributed by atoms with Crippen LogP contribution in [0.15, 0.2) is 24.3 Å². The predicted octanol–water partition coefficient (Wildman–Crippen LogP) is 1.39. The van der Waals surface area contributed by atoms with Crippen molar-refractivity contribution in [2.24, 2.45) is 5.73 Å². The van der Waals surface area contributed by atoms with Crippen LogP contribution in [0.4, 0.5) is 0 Å². The molecule has 1 rings (SSSR count). The van der Waals surface area contributed by atoms with E-state index in [1.807, 2.05) is 31.2 Å². The van der Waals surface area contributed by atoms with Crippen molar-refractivity contribution in [3.63, 3.8) is 0 Å². The van der Waals surface area contributed by atoms with Crippen molar-refractivity contribution >= 4 is 17.7 Å². The van der Waals surface area contributed by atoms with Gasteiger partial charge in [-0.25, -0.2) is 0 Å². The van der Waals surface area contributed by atoms with Crippen molar-refractivity contribution in [1.29, 1.82) is 0 Å². The van der Waals surface area contributed by atoms with Gasteiger partial charge in [-0.1, -0.05) is 18.2 Å². The lowest BCUT2D eigenvalue weighted by atomic mass is 10.2. The highest BCUT2D eigenvalue weighted by atomic mass is 32.2. The van der Waals surface area contributed by atoms with E-state index in [1.165, 1.54) is 0 Å². The topological polar surface area (TPSA) is 64.3 Å². The summed E-state index contributed by atoms with van der Waals surface area (Å²) in [5, 5.41) is 2.87. The number of benzene rings is 1. The lowest BCUT2D eigenvalue weighted by Gasteiger charge is -2.09. The summed E-state index contributed by atoms with van der Waals surface area (Å²) in [5.41, 5.74) is 6.59. The van der Waals surface area contributed by atoms with Crippen LogP contribution in [0.1, 0.15) is 12.5 Å². The van der Waals surface area contributed by atoms with Crippen molar-refractivity contribution in [3.8, 4) is 5.75 Å². The molecule has 1 aromatic carbocycles. The molecule has 100 valence electrons. The molecule has 0 saturated heterocycles. The minimum absolute atomic E-state index is 0.0200. The van der Waals surface area contributed by atoms with Crippen molar-refractivity contribution in [1.82, 2.24) is 5.32 Å². The fourth-order valence-corrected chi connectivity index (χ4v) is 2.21. The highest BCUT2D eigenvalue weighted by Crippen LogP contribution is 2.16. The van der Waals surface area contributed by atoms with Crippen molar-refractivity contribution in [3.05, 3.63) is 29.8 Å². The van der Waals surface area contributed by atoms with Crippen LogP contribution in [0.5, 0.6) is 5.75 Å².